The molecule has 0 atom stereocenters. The van der Waals surface area contributed by atoms with Gasteiger partial charge in [-0.25, -0.2) is 9.97 Å². The summed E-state index contributed by atoms with van der Waals surface area (Å²) in [7, 11) is 0. The van der Waals surface area contributed by atoms with Gasteiger partial charge in [0.2, 0.25) is 0 Å². The number of benzene rings is 10. The Morgan fingerprint density at radius 3 is 1.50 bits per heavy atom. The lowest BCUT2D eigenvalue weighted by molar-refractivity contribution is -0.0398. The molecule has 16 rings (SSSR count). The molecule has 70 heavy (non-hydrogen) atoms. The molecule has 11 aromatic rings. The molecular weight excluding hydrogens is 845 g/mol. The molecule has 0 radical (unpaired) electrons. The van der Waals surface area contributed by atoms with E-state index in [1.807, 2.05) is 0 Å². The van der Waals surface area contributed by atoms with Gasteiger partial charge in [0.05, 0.1) is 11.4 Å². The van der Waals surface area contributed by atoms with Gasteiger partial charge < -0.3 is 0 Å². The number of hydrogen-bond acceptors (Lipinski definition) is 2. The number of hydrogen-bond donors (Lipinski definition) is 0. The second-order valence-electron chi connectivity index (χ2n) is 20.8. The molecule has 0 saturated heterocycles. The van der Waals surface area contributed by atoms with E-state index in [0.717, 1.165) is 39.9 Å². The maximum absolute atomic E-state index is 5.44. The summed E-state index contributed by atoms with van der Waals surface area (Å²) in [6, 6.07) is 81.0. The predicted octanol–water partition coefficient (Wildman–Crippen LogP) is 17.7. The van der Waals surface area contributed by atoms with Crippen molar-refractivity contribution in [3.63, 3.8) is 0 Å². The average Bonchev–Trinajstić information content (AvgIpc) is 3.71. The molecule has 1 heterocycles. The van der Waals surface area contributed by atoms with Gasteiger partial charge in [-0.1, -0.05) is 194 Å². The summed E-state index contributed by atoms with van der Waals surface area (Å²) >= 11 is 0. The Kier molecular flexibility index (Phi) is 8.88. The van der Waals surface area contributed by atoms with Gasteiger partial charge >= 0.3 is 0 Å². The van der Waals surface area contributed by atoms with Gasteiger partial charge in [-0.3, -0.25) is 0 Å². The summed E-state index contributed by atoms with van der Waals surface area (Å²) in [5, 5.41) is 7.49. The lowest BCUT2D eigenvalue weighted by atomic mass is 9.43. The molecule has 5 aliphatic rings. The lowest BCUT2D eigenvalue weighted by Gasteiger charge is -2.61. The van der Waals surface area contributed by atoms with Gasteiger partial charge in [0, 0.05) is 22.1 Å². The summed E-state index contributed by atoms with van der Waals surface area (Å²) < 4.78 is 0. The van der Waals surface area contributed by atoms with Crippen molar-refractivity contribution in [2.45, 2.75) is 37.5 Å². The first-order valence-electron chi connectivity index (χ1n) is 25.5. The van der Waals surface area contributed by atoms with Crippen LogP contribution in [0.5, 0.6) is 0 Å². The van der Waals surface area contributed by atoms with Crippen molar-refractivity contribution in [1.82, 2.24) is 9.97 Å². The molecule has 0 unspecified atom stereocenters. The molecule has 0 N–H and O–H groups in total. The highest BCUT2D eigenvalue weighted by atomic mass is 14.9. The molecular formula is C68H50N2. The standard InChI is InChI=1S/C68H50N2/c1-3-15-44(16-4-1)45-29-31-46(32-30-45)62-41-63(70-67(69-62)47-17-5-2-6-18-47)66-57-25-11-9-23-55(57)64(56-24-10-12-26-58(56)66)51-22-13-21-50(38-51)54-27-14-28-60-65(54)59-39-48-19-7-8-20-49(48)40-61(59)68(60)52-34-42-33-43(36-52)37-53(68)35-42/h1-32,38-43,52-53H,33-37H2. The van der Waals surface area contributed by atoms with Gasteiger partial charge in [-0.2, -0.15) is 0 Å². The molecule has 2 heteroatoms. The van der Waals surface area contributed by atoms with Crippen LogP contribution in [-0.4, -0.2) is 9.97 Å². The fraction of sp³-hybridized carbons (Fsp3) is 0.147. The van der Waals surface area contributed by atoms with E-state index in [0.29, 0.717) is 17.7 Å². The highest BCUT2D eigenvalue weighted by molar-refractivity contribution is 6.21. The molecule has 4 fully saturated rings. The van der Waals surface area contributed by atoms with E-state index in [-0.39, 0.29) is 5.41 Å². The zero-order chi connectivity index (χ0) is 45.9. The van der Waals surface area contributed by atoms with E-state index in [9.17, 15) is 0 Å². The third-order valence-corrected chi connectivity index (χ3v) is 17.2. The number of nitrogens with zero attached hydrogens (tertiary/aromatic N) is 2. The number of rotatable bonds is 6. The van der Waals surface area contributed by atoms with Crippen LogP contribution in [0.25, 0.3) is 111 Å². The van der Waals surface area contributed by atoms with E-state index >= 15 is 0 Å². The summed E-state index contributed by atoms with van der Waals surface area (Å²) in [6.45, 7) is 0. The first-order chi connectivity index (χ1) is 34.7. The minimum absolute atomic E-state index is 0.0881. The topological polar surface area (TPSA) is 25.8 Å². The second kappa shape index (κ2) is 15.5. The maximum atomic E-state index is 5.44. The maximum Gasteiger partial charge on any atom is 0.160 e. The van der Waals surface area contributed by atoms with Crippen LogP contribution in [0.4, 0.5) is 0 Å². The van der Waals surface area contributed by atoms with Crippen molar-refractivity contribution in [2.24, 2.45) is 23.7 Å². The van der Waals surface area contributed by atoms with Crippen LogP contribution in [-0.2, 0) is 5.41 Å². The molecule has 0 aliphatic heterocycles. The summed E-state index contributed by atoms with van der Waals surface area (Å²) in [6.07, 6.45) is 6.96. The normalized spacial score (nSPS) is 20.6. The Balaban J connectivity index is 0.914. The summed E-state index contributed by atoms with van der Waals surface area (Å²) in [4.78, 5) is 10.7. The van der Waals surface area contributed by atoms with Crippen molar-refractivity contribution in [1.29, 1.82) is 0 Å². The highest BCUT2D eigenvalue weighted by Gasteiger charge is 2.61. The largest absolute Gasteiger partial charge is 0.228 e. The fourth-order valence-corrected chi connectivity index (χ4v) is 14.6. The van der Waals surface area contributed by atoms with E-state index in [1.54, 1.807) is 11.1 Å². The van der Waals surface area contributed by atoms with E-state index in [1.165, 1.54) is 109 Å². The molecule has 332 valence electrons. The van der Waals surface area contributed by atoms with Gasteiger partial charge in [0.25, 0.3) is 0 Å². The molecule has 4 saturated carbocycles. The van der Waals surface area contributed by atoms with Crippen molar-refractivity contribution >= 4 is 32.3 Å². The first-order valence-corrected chi connectivity index (χ1v) is 25.5. The van der Waals surface area contributed by atoms with E-state index < -0.39 is 0 Å². The van der Waals surface area contributed by atoms with Crippen LogP contribution in [0, 0.1) is 23.7 Å². The minimum atomic E-state index is 0.0881. The van der Waals surface area contributed by atoms with Crippen LogP contribution >= 0.6 is 0 Å². The zero-order valence-corrected chi connectivity index (χ0v) is 39.0. The quantitative estimate of drug-likeness (QED) is 0.155. The van der Waals surface area contributed by atoms with E-state index in [2.05, 4.69) is 218 Å². The fourth-order valence-electron chi connectivity index (χ4n) is 14.6. The number of fused-ring (bicyclic) bond motifs is 6. The number of aromatic nitrogens is 2. The van der Waals surface area contributed by atoms with Crippen LogP contribution in [0.15, 0.2) is 218 Å². The van der Waals surface area contributed by atoms with Gasteiger partial charge in [-0.15, -0.1) is 0 Å². The zero-order valence-electron chi connectivity index (χ0n) is 39.0. The molecule has 10 aromatic carbocycles. The smallest absolute Gasteiger partial charge is 0.160 e. The lowest BCUT2D eigenvalue weighted by Crippen LogP contribution is -2.55. The molecule has 0 amide bonds. The van der Waals surface area contributed by atoms with Crippen molar-refractivity contribution in [3.8, 4) is 78.4 Å². The van der Waals surface area contributed by atoms with Crippen LogP contribution in [0.3, 0.4) is 0 Å². The summed E-state index contributed by atoms with van der Waals surface area (Å²) in [5.74, 6) is 3.93. The monoisotopic (exact) mass is 894 g/mol. The predicted molar refractivity (Wildman–Crippen MR) is 290 cm³/mol. The molecule has 1 aromatic heterocycles. The Morgan fingerprint density at radius 2 is 0.829 bits per heavy atom. The minimum Gasteiger partial charge on any atom is -0.228 e. The Bertz CT molecular complexity index is 3800. The van der Waals surface area contributed by atoms with Crippen molar-refractivity contribution < 1.29 is 0 Å². The van der Waals surface area contributed by atoms with Crippen molar-refractivity contribution in [2.75, 3.05) is 0 Å². The van der Waals surface area contributed by atoms with E-state index in [4.69, 9.17) is 9.97 Å². The van der Waals surface area contributed by atoms with Crippen LogP contribution in [0.2, 0.25) is 0 Å². The Labute approximate surface area is 409 Å². The second-order valence-corrected chi connectivity index (χ2v) is 20.8. The Hall–Kier alpha value is -7.94. The third-order valence-electron chi connectivity index (χ3n) is 17.2. The van der Waals surface area contributed by atoms with Gasteiger partial charge in [-0.05, 0) is 168 Å². The molecule has 1 spiro atoms. The molecule has 5 aliphatic carbocycles. The van der Waals surface area contributed by atoms with Crippen molar-refractivity contribution in [3.05, 3.63) is 230 Å². The molecule has 4 bridgehead atoms. The Morgan fingerprint density at radius 1 is 0.314 bits per heavy atom. The van der Waals surface area contributed by atoms with Gasteiger partial charge in [0.1, 0.15) is 0 Å². The SMILES string of the molecule is c1ccc(-c2ccc(-c3cc(-c4c5ccccc5c(-c5cccc(-c6cccc7c6-c6cc8ccccc8cc6C76C7CC8CC(C7)CC6C8)c5)c5ccccc45)nc(-c4ccccc4)n3)cc2)cc1. The van der Waals surface area contributed by atoms with Crippen LogP contribution in [0.1, 0.15) is 43.2 Å². The van der Waals surface area contributed by atoms with Crippen LogP contribution < -0.4 is 0 Å². The van der Waals surface area contributed by atoms with Gasteiger partial charge in [0.15, 0.2) is 5.82 Å². The molecule has 2 nitrogen and oxygen atoms in total. The average molecular weight is 895 g/mol. The summed E-state index contributed by atoms with van der Waals surface area (Å²) in [5.41, 5.74) is 18.7. The third kappa shape index (κ3) is 5.99. The highest BCUT2D eigenvalue weighted by Crippen LogP contribution is 2.70. The first kappa shape index (κ1) is 40.0.